The Bertz CT molecular complexity index is 779. The van der Waals surface area contributed by atoms with Gasteiger partial charge in [0.2, 0.25) is 12.9 Å². The number of amides is 1. The molecule has 118 valence electrons. The maximum absolute atomic E-state index is 12.4. The molecule has 6 nitrogen and oxygen atoms in total. The molecule has 0 saturated heterocycles. The zero-order valence-electron chi connectivity index (χ0n) is 11.9. The quantitative estimate of drug-likeness (QED) is 0.915. The van der Waals surface area contributed by atoms with E-state index in [9.17, 15) is 4.79 Å². The molecule has 1 N–H and O–H groups in total. The van der Waals surface area contributed by atoms with Gasteiger partial charge in [-0.05, 0) is 12.1 Å². The van der Waals surface area contributed by atoms with Crippen molar-refractivity contribution in [3.8, 4) is 23.0 Å². The number of anilines is 1. The van der Waals surface area contributed by atoms with Gasteiger partial charge in [0.25, 0.3) is 5.91 Å². The number of carbonyl (C=O) groups is 1. The Hall–Kier alpha value is -2.60. The lowest BCUT2D eigenvalue weighted by atomic mass is 10.2. The molecule has 0 radical (unpaired) electrons. The van der Waals surface area contributed by atoms with E-state index >= 15 is 0 Å². The molecule has 23 heavy (non-hydrogen) atoms. The van der Waals surface area contributed by atoms with Gasteiger partial charge in [0.15, 0.2) is 23.0 Å². The number of ether oxygens (including phenoxy) is 4. The van der Waals surface area contributed by atoms with Crippen LogP contribution in [0.25, 0.3) is 0 Å². The van der Waals surface area contributed by atoms with Crippen LogP contribution < -0.4 is 24.3 Å². The fourth-order valence-corrected chi connectivity index (χ4v) is 2.58. The summed E-state index contributed by atoms with van der Waals surface area (Å²) in [4.78, 5) is 12.4. The van der Waals surface area contributed by atoms with Crippen LogP contribution in [0, 0.1) is 0 Å². The van der Waals surface area contributed by atoms with E-state index in [1.165, 1.54) is 0 Å². The molecule has 1 unspecified atom stereocenters. The van der Waals surface area contributed by atoms with E-state index in [-0.39, 0.29) is 19.3 Å². The smallest absolute Gasteiger partial charge is 0.269 e. The Morgan fingerprint density at radius 3 is 2.61 bits per heavy atom. The number of rotatable bonds is 2. The Kier molecular flexibility index (Phi) is 3.38. The zero-order chi connectivity index (χ0) is 15.8. The standard InChI is InChI=1S/C16H12ClNO5/c17-9-5-13-14(22-8-21-13)6-10(9)18-16(19)15-7-20-11-3-1-2-4-12(11)23-15/h1-6,15H,7-8H2,(H,18,19). The minimum absolute atomic E-state index is 0.130. The van der Waals surface area contributed by atoms with Crippen LogP contribution in [0.4, 0.5) is 5.69 Å². The molecule has 4 rings (SSSR count). The van der Waals surface area contributed by atoms with Crippen LogP contribution >= 0.6 is 11.6 Å². The molecule has 0 fully saturated rings. The van der Waals surface area contributed by atoms with Crippen molar-refractivity contribution in [2.24, 2.45) is 0 Å². The second-order valence-corrected chi connectivity index (χ2v) is 5.45. The highest BCUT2D eigenvalue weighted by Gasteiger charge is 2.28. The molecule has 2 aromatic carbocycles. The number of para-hydroxylation sites is 2. The van der Waals surface area contributed by atoms with Crippen molar-refractivity contribution in [1.29, 1.82) is 0 Å². The molecule has 1 atom stereocenters. The van der Waals surface area contributed by atoms with Gasteiger partial charge in [0.1, 0.15) is 6.61 Å². The summed E-state index contributed by atoms with van der Waals surface area (Å²) in [6.07, 6.45) is -0.758. The predicted octanol–water partition coefficient (Wildman–Crippen LogP) is 2.85. The summed E-state index contributed by atoms with van der Waals surface area (Å²) in [5.41, 5.74) is 0.434. The highest BCUT2D eigenvalue weighted by Crippen LogP contribution is 2.39. The molecule has 7 heteroatoms. The van der Waals surface area contributed by atoms with Gasteiger partial charge in [-0.3, -0.25) is 4.79 Å². The molecule has 1 amide bonds. The molecule has 0 aromatic heterocycles. The maximum Gasteiger partial charge on any atom is 0.269 e. The SMILES string of the molecule is O=C(Nc1cc2c(cc1Cl)OCO2)C1COc2ccccc2O1. The largest absolute Gasteiger partial charge is 0.485 e. The average molecular weight is 334 g/mol. The van der Waals surface area contributed by atoms with Crippen molar-refractivity contribution in [3.05, 3.63) is 41.4 Å². The Balaban J connectivity index is 1.51. The molecule has 0 bridgehead atoms. The third-order valence-electron chi connectivity index (χ3n) is 3.52. The molecule has 0 spiro atoms. The van der Waals surface area contributed by atoms with E-state index in [4.69, 9.17) is 30.5 Å². The van der Waals surface area contributed by atoms with Crippen molar-refractivity contribution in [2.45, 2.75) is 6.10 Å². The molecular weight excluding hydrogens is 322 g/mol. The van der Waals surface area contributed by atoms with Gasteiger partial charge in [-0.25, -0.2) is 0 Å². The normalized spacial score (nSPS) is 17.7. The number of carbonyl (C=O) groups excluding carboxylic acids is 1. The van der Waals surface area contributed by atoms with E-state index in [1.54, 1.807) is 24.3 Å². The summed E-state index contributed by atoms with van der Waals surface area (Å²) in [5.74, 6) is 1.91. The van der Waals surface area contributed by atoms with Crippen LogP contribution in [0.15, 0.2) is 36.4 Å². The van der Waals surface area contributed by atoms with Crippen molar-refractivity contribution in [3.63, 3.8) is 0 Å². The van der Waals surface area contributed by atoms with E-state index < -0.39 is 6.10 Å². The molecule has 2 heterocycles. The summed E-state index contributed by atoms with van der Waals surface area (Å²) < 4.78 is 21.7. The van der Waals surface area contributed by atoms with Crippen LogP contribution in [0.1, 0.15) is 0 Å². The first-order valence-electron chi connectivity index (χ1n) is 6.99. The second-order valence-electron chi connectivity index (χ2n) is 5.04. The average Bonchev–Trinajstić information content (AvgIpc) is 3.01. The summed E-state index contributed by atoms with van der Waals surface area (Å²) in [6.45, 7) is 0.268. The Morgan fingerprint density at radius 1 is 1.04 bits per heavy atom. The third-order valence-corrected chi connectivity index (χ3v) is 3.83. The molecule has 2 aliphatic heterocycles. The zero-order valence-corrected chi connectivity index (χ0v) is 12.6. The molecule has 0 saturated carbocycles. The number of hydrogen-bond donors (Lipinski definition) is 1. The molecule has 2 aromatic rings. The summed E-state index contributed by atoms with van der Waals surface area (Å²) >= 11 is 6.15. The minimum Gasteiger partial charge on any atom is -0.485 e. The van der Waals surface area contributed by atoms with E-state index in [0.29, 0.717) is 33.7 Å². The number of fused-ring (bicyclic) bond motifs is 2. The first-order valence-corrected chi connectivity index (χ1v) is 7.37. The number of hydrogen-bond acceptors (Lipinski definition) is 5. The third kappa shape index (κ3) is 2.61. The van der Waals surface area contributed by atoms with Crippen LogP contribution in [-0.4, -0.2) is 25.4 Å². The van der Waals surface area contributed by atoms with E-state index in [0.717, 1.165) is 0 Å². The van der Waals surface area contributed by atoms with Gasteiger partial charge in [-0.2, -0.15) is 0 Å². The van der Waals surface area contributed by atoms with Crippen LogP contribution in [0.2, 0.25) is 5.02 Å². The molecular formula is C16H12ClNO5. The van der Waals surface area contributed by atoms with Gasteiger partial charge >= 0.3 is 0 Å². The summed E-state index contributed by atoms with van der Waals surface area (Å²) in [5, 5.41) is 3.09. The second kappa shape index (κ2) is 5.55. The van der Waals surface area contributed by atoms with Crippen molar-refractivity contribution >= 4 is 23.2 Å². The number of halogens is 1. The molecule has 0 aliphatic carbocycles. The van der Waals surface area contributed by atoms with Gasteiger partial charge in [-0.15, -0.1) is 0 Å². The lowest BCUT2D eigenvalue weighted by molar-refractivity contribution is -0.125. The first-order chi connectivity index (χ1) is 11.2. The monoisotopic (exact) mass is 333 g/mol. The van der Waals surface area contributed by atoms with Crippen molar-refractivity contribution in [2.75, 3.05) is 18.7 Å². The van der Waals surface area contributed by atoms with Crippen LogP contribution in [0.3, 0.4) is 0 Å². The number of nitrogens with one attached hydrogen (secondary N) is 1. The lowest BCUT2D eigenvalue weighted by Crippen LogP contribution is -2.40. The van der Waals surface area contributed by atoms with E-state index in [2.05, 4.69) is 5.32 Å². The number of benzene rings is 2. The van der Waals surface area contributed by atoms with Crippen molar-refractivity contribution < 1.29 is 23.7 Å². The van der Waals surface area contributed by atoms with Crippen LogP contribution in [-0.2, 0) is 4.79 Å². The van der Waals surface area contributed by atoms with Gasteiger partial charge in [0, 0.05) is 12.1 Å². The molecule has 2 aliphatic rings. The fourth-order valence-electron chi connectivity index (χ4n) is 2.37. The fraction of sp³-hybridized carbons (Fsp3) is 0.188. The minimum atomic E-state index is -0.758. The first kappa shape index (κ1) is 14.0. The van der Waals surface area contributed by atoms with E-state index in [1.807, 2.05) is 12.1 Å². The highest BCUT2D eigenvalue weighted by molar-refractivity contribution is 6.34. The highest BCUT2D eigenvalue weighted by atomic mass is 35.5. The van der Waals surface area contributed by atoms with Crippen molar-refractivity contribution in [1.82, 2.24) is 0 Å². The summed E-state index contributed by atoms with van der Waals surface area (Å²) in [7, 11) is 0. The van der Waals surface area contributed by atoms with Gasteiger partial charge in [0.05, 0.1) is 10.7 Å². The summed E-state index contributed by atoms with van der Waals surface area (Å²) in [6, 6.07) is 10.4. The Morgan fingerprint density at radius 2 is 1.78 bits per heavy atom. The Labute approximate surface area is 136 Å². The topological polar surface area (TPSA) is 66.0 Å². The van der Waals surface area contributed by atoms with Gasteiger partial charge < -0.3 is 24.3 Å². The lowest BCUT2D eigenvalue weighted by Gasteiger charge is -2.25. The maximum atomic E-state index is 12.4. The van der Waals surface area contributed by atoms with Gasteiger partial charge in [-0.1, -0.05) is 23.7 Å². The predicted molar refractivity (Wildman–Crippen MR) is 82.6 cm³/mol. The van der Waals surface area contributed by atoms with Crippen LogP contribution in [0.5, 0.6) is 23.0 Å².